The third-order valence-electron chi connectivity index (χ3n) is 2.66. The SMILES string of the molecule is C=CCSCCNC(=O)NC(CO)c1cc(F)c(F)c(F)c1. The van der Waals surface area contributed by atoms with Gasteiger partial charge in [0.2, 0.25) is 0 Å². The molecule has 4 nitrogen and oxygen atoms in total. The molecule has 0 spiro atoms. The highest BCUT2D eigenvalue weighted by atomic mass is 32.2. The van der Waals surface area contributed by atoms with Crippen molar-refractivity contribution in [2.24, 2.45) is 0 Å². The Morgan fingerprint density at radius 3 is 2.55 bits per heavy atom. The number of aliphatic hydroxyl groups is 1. The fraction of sp³-hybridized carbons (Fsp3) is 0.357. The van der Waals surface area contributed by atoms with Gasteiger partial charge in [0, 0.05) is 18.1 Å². The Labute approximate surface area is 130 Å². The Morgan fingerprint density at radius 2 is 2.00 bits per heavy atom. The zero-order valence-corrected chi connectivity index (χ0v) is 12.6. The molecule has 0 fully saturated rings. The Bertz CT molecular complexity index is 506. The molecule has 0 bridgehead atoms. The van der Waals surface area contributed by atoms with Crippen LogP contribution in [0.25, 0.3) is 0 Å². The second-order valence-corrected chi connectivity index (χ2v) is 5.45. The molecular weight excluding hydrogens is 317 g/mol. The van der Waals surface area contributed by atoms with Crippen LogP contribution in [-0.2, 0) is 0 Å². The number of nitrogens with one attached hydrogen (secondary N) is 2. The fourth-order valence-electron chi connectivity index (χ4n) is 1.62. The monoisotopic (exact) mass is 334 g/mol. The van der Waals surface area contributed by atoms with E-state index in [1.807, 2.05) is 0 Å². The highest BCUT2D eigenvalue weighted by molar-refractivity contribution is 7.99. The van der Waals surface area contributed by atoms with Gasteiger partial charge >= 0.3 is 6.03 Å². The molecule has 0 aliphatic carbocycles. The normalized spacial score (nSPS) is 11.8. The van der Waals surface area contributed by atoms with Gasteiger partial charge in [-0.15, -0.1) is 6.58 Å². The molecule has 0 heterocycles. The number of hydrogen-bond acceptors (Lipinski definition) is 3. The maximum Gasteiger partial charge on any atom is 0.315 e. The Morgan fingerprint density at radius 1 is 1.36 bits per heavy atom. The lowest BCUT2D eigenvalue weighted by atomic mass is 10.1. The molecule has 1 unspecified atom stereocenters. The minimum atomic E-state index is -1.59. The summed E-state index contributed by atoms with van der Waals surface area (Å²) in [6, 6.07) is -0.159. The van der Waals surface area contributed by atoms with Crippen molar-refractivity contribution in [1.82, 2.24) is 10.6 Å². The van der Waals surface area contributed by atoms with Crippen LogP contribution in [0.4, 0.5) is 18.0 Å². The van der Waals surface area contributed by atoms with Crippen molar-refractivity contribution in [1.29, 1.82) is 0 Å². The van der Waals surface area contributed by atoms with Crippen LogP contribution in [0.5, 0.6) is 0 Å². The molecule has 0 saturated heterocycles. The van der Waals surface area contributed by atoms with Crippen molar-refractivity contribution in [3.8, 4) is 0 Å². The van der Waals surface area contributed by atoms with Crippen molar-refractivity contribution >= 4 is 17.8 Å². The first kappa shape index (κ1) is 18.4. The molecule has 1 rings (SSSR count). The van der Waals surface area contributed by atoms with E-state index < -0.39 is 36.1 Å². The molecule has 0 aliphatic rings. The molecular formula is C14H17F3N2O2S. The molecule has 8 heteroatoms. The first-order chi connectivity index (χ1) is 10.5. The van der Waals surface area contributed by atoms with Crippen LogP contribution in [-0.4, -0.2) is 35.8 Å². The first-order valence-electron chi connectivity index (χ1n) is 6.47. The third kappa shape index (κ3) is 5.61. The molecule has 1 aromatic rings. The van der Waals surface area contributed by atoms with Gasteiger partial charge in [0.25, 0.3) is 0 Å². The molecule has 0 radical (unpaired) electrons. The van der Waals surface area contributed by atoms with Gasteiger partial charge in [-0.3, -0.25) is 0 Å². The van der Waals surface area contributed by atoms with E-state index >= 15 is 0 Å². The van der Waals surface area contributed by atoms with Gasteiger partial charge < -0.3 is 15.7 Å². The summed E-state index contributed by atoms with van der Waals surface area (Å²) in [7, 11) is 0. The van der Waals surface area contributed by atoms with E-state index in [1.54, 1.807) is 17.8 Å². The second-order valence-electron chi connectivity index (χ2n) is 4.30. The number of urea groups is 1. The smallest absolute Gasteiger partial charge is 0.315 e. The predicted molar refractivity (Wildman–Crippen MR) is 80.2 cm³/mol. The van der Waals surface area contributed by atoms with Crippen LogP contribution < -0.4 is 10.6 Å². The van der Waals surface area contributed by atoms with Gasteiger partial charge in [-0.25, -0.2) is 18.0 Å². The molecule has 22 heavy (non-hydrogen) atoms. The number of aliphatic hydroxyl groups excluding tert-OH is 1. The van der Waals surface area contributed by atoms with Crippen LogP contribution in [0.3, 0.4) is 0 Å². The standard InChI is InChI=1S/C14H17F3N2O2S/c1-2-4-22-5-3-18-14(21)19-12(8-20)9-6-10(15)13(17)11(16)7-9/h2,6-7,12,20H,1,3-5,8H2,(H2,18,19,21). The molecule has 2 amide bonds. The van der Waals surface area contributed by atoms with Crippen LogP contribution in [0, 0.1) is 17.5 Å². The summed E-state index contributed by atoms with van der Waals surface area (Å²) in [6.45, 7) is 3.36. The highest BCUT2D eigenvalue weighted by Crippen LogP contribution is 2.19. The minimum absolute atomic E-state index is 0.0601. The zero-order chi connectivity index (χ0) is 16.5. The molecule has 122 valence electrons. The Hall–Kier alpha value is -1.67. The second kappa shape index (κ2) is 9.37. The van der Waals surface area contributed by atoms with Gasteiger partial charge in [0.15, 0.2) is 17.5 Å². The lowest BCUT2D eigenvalue weighted by Gasteiger charge is -2.17. The number of hydrogen-bond donors (Lipinski definition) is 3. The van der Waals surface area contributed by atoms with E-state index in [0.29, 0.717) is 12.3 Å². The quantitative estimate of drug-likeness (QED) is 0.389. The summed E-state index contributed by atoms with van der Waals surface area (Å²) in [5.74, 6) is -2.92. The van der Waals surface area contributed by atoms with E-state index in [2.05, 4.69) is 17.2 Å². The van der Waals surface area contributed by atoms with Gasteiger partial charge in [-0.2, -0.15) is 11.8 Å². The number of halogens is 3. The average Bonchev–Trinajstić information content (AvgIpc) is 2.49. The highest BCUT2D eigenvalue weighted by Gasteiger charge is 2.18. The van der Waals surface area contributed by atoms with Crippen molar-refractivity contribution < 1.29 is 23.1 Å². The lowest BCUT2D eigenvalue weighted by molar-refractivity contribution is 0.217. The summed E-state index contributed by atoms with van der Waals surface area (Å²) >= 11 is 1.57. The van der Waals surface area contributed by atoms with E-state index in [4.69, 9.17) is 0 Å². The van der Waals surface area contributed by atoms with Gasteiger partial charge in [0.05, 0.1) is 12.6 Å². The number of carbonyl (C=O) groups excluding carboxylic acids is 1. The molecule has 0 aliphatic heterocycles. The van der Waals surface area contributed by atoms with Crippen LogP contribution >= 0.6 is 11.8 Å². The predicted octanol–water partition coefficient (Wildman–Crippen LogP) is 2.36. The average molecular weight is 334 g/mol. The number of benzene rings is 1. The molecule has 0 aromatic heterocycles. The summed E-state index contributed by atoms with van der Waals surface area (Å²) < 4.78 is 39.2. The van der Waals surface area contributed by atoms with E-state index in [0.717, 1.165) is 17.9 Å². The third-order valence-corrected chi connectivity index (χ3v) is 3.63. The van der Waals surface area contributed by atoms with Gasteiger partial charge in [0.1, 0.15) is 0 Å². The van der Waals surface area contributed by atoms with E-state index in [9.17, 15) is 23.1 Å². The Balaban J connectivity index is 2.57. The maximum absolute atomic E-state index is 13.2. The summed E-state index contributed by atoms with van der Waals surface area (Å²) in [5.41, 5.74) is -0.0601. The van der Waals surface area contributed by atoms with Crippen LogP contribution in [0.2, 0.25) is 0 Å². The zero-order valence-electron chi connectivity index (χ0n) is 11.7. The first-order valence-corrected chi connectivity index (χ1v) is 7.63. The van der Waals surface area contributed by atoms with Crippen molar-refractivity contribution in [2.45, 2.75) is 6.04 Å². The summed E-state index contributed by atoms with van der Waals surface area (Å²) in [5, 5.41) is 14.1. The number of amides is 2. The Kier molecular flexibility index (Phi) is 7.83. The van der Waals surface area contributed by atoms with E-state index in [-0.39, 0.29) is 5.56 Å². The summed E-state index contributed by atoms with van der Waals surface area (Å²) in [4.78, 5) is 11.6. The largest absolute Gasteiger partial charge is 0.394 e. The molecule has 0 saturated carbocycles. The van der Waals surface area contributed by atoms with Gasteiger partial charge in [-0.1, -0.05) is 6.08 Å². The van der Waals surface area contributed by atoms with Crippen LogP contribution in [0.15, 0.2) is 24.8 Å². The molecule has 3 N–H and O–H groups in total. The number of carbonyl (C=O) groups is 1. The van der Waals surface area contributed by atoms with Crippen molar-refractivity contribution in [3.63, 3.8) is 0 Å². The van der Waals surface area contributed by atoms with E-state index in [1.165, 1.54) is 0 Å². The fourth-order valence-corrected chi connectivity index (χ4v) is 2.20. The molecule has 1 aromatic carbocycles. The number of thioether (sulfide) groups is 1. The van der Waals surface area contributed by atoms with Gasteiger partial charge in [-0.05, 0) is 17.7 Å². The minimum Gasteiger partial charge on any atom is -0.394 e. The number of rotatable bonds is 8. The maximum atomic E-state index is 13.2. The van der Waals surface area contributed by atoms with Crippen molar-refractivity contribution in [3.05, 3.63) is 47.8 Å². The van der Waals surface area contributed by atoms with Crippen LogP contribution in [0.1, 0.15) is 11.6 Å². The lowest BCUT2D eigenvalue weighted by Crippen LogP contribution is -2.40. The topological polar surface area (TPSA) is 61.4 Å². The summed E-state index contributed by atoms with van der Waals surface area (Å²) in [6.07, 6.45) is 1.74. The van der Waals surface area contributed by atoms with Crippen molar-refractivity contribution in [2.75, 3.05) is 24.7 Å². The molecule has 1 atom stereocenters.